The summed E-state index contributed by atoms with van der Waals surface area (Å²) < 4.78 is 4.83. The summed E-state index contributed by atoms with van der Waals surface area (Å²) in [6.45, 7) is 2.12. The van der Waals surface area contributed by atoms with Gasteiger partial charge in [-0.3, -0.25) is 4.79 Å². The molecule has 5 heteroatoms. The molecular formula is C11H18BrNO3. The number of Topliss-reactive ketones (excluding diaryl/α,β-unsaturated/α-hetero) is 1. The number of carbonyl (C=O) groups excluding carboxylic acids is 2. The number of hydrogen-bond donors (Lipinski definition) is 1. The third kappa shape index (κ3) is 3.77. The molecule has 0 spiro atoms. The van der Waals surface area contributed by atoms with Crippen molar-refractivity contribution in [1.82, 2.24) is 5.32 Å². The molecule has 16 heavy (non-hydrogen) atoms. The Morgan fingerprint density at radius 1 is 1.38 bits per heavy atom. The molecular weight excluding hydrogens is 274 g/mol. The van der Waals surface area contributed by atoms with Crippen molar-refractivity contribution >= 4 is 27.8 Å². The van der Waals surface area contributed by atoms with Crippen LogP contribution >= 0.6 is 15.9 Å². The number of rotatable bonds is 4. The Balaban J connectivity index is 2.53. The number of carbonyl (C=O) groups is 2. The number of ketones is 1. The Morgan fingerprint density at radius 3 is 2.69 bits per heavy atom. The Hall–Kier alpha value is -0.580. The predicted molar refractivity (Wildman–Crippen MR) is 64.7 cm³/mol. The topological polar surface area (TPSA) is 55.4 Å². The molecule has 1 aliphatic carbocycles. The molecule has 0 aromatic carbocycles. The lowest BCUT2D eigenvalue weighted by molar-refractivity contribution is -0.121. The van der Waals surface area contributed by atoms with Crippen molar-refractivity contribution in [1.29, 1.82) is 0 Å². The molecule has 2 atom stereocenters. The van der Waals surface area contributed by atoms with Gasteiger partial charge in [0.05, 0.1) is 11.9 Å². The van der Waals surface area contributed by atoms with Gasteiger partial charge < -0.3 is 10.1 Å². The molecule has 4 nitrogen and oxygen atoms in total. The number of alkyl carbamates (subject to hydrolysis) is 1. The molecule has 0 saturated heterocycles. The molecule has 92 valence electrons. The standard InChI is InChI=1S/C11H18BrNO3/c1-2-16-11(15)13-9-6-4-3-5-8(9)10(14)7-12/h8-9H,2-7H2,1H3,(H,13,15). The second kappa shape index (κ2) is 6.89. The van der Waals surface area contributed by atoms with Gasteiger partial charge in [-0.1, -0.05) is 28.8 Å². The van der Waals surface area contributed by atoms with Crippen LogP contribution in [0.25, 0.3) is 0 Å². The van der Waals surface area contributed by atoms with Crippen LogP contribution in [0, 0.1) is 5.92 Å². The van der Waals surface area contributed by atoms with Gasteiger partial charge in [0.25, 0.3) is 0 Å². The summed E-state index contributed by atoms with van der Waals surface area (Å²) in [4.78, 5) is 23.0. The van der Waals surface area contributed by atoms with Gasteiger partial charge >= 0.3 is 6.09 Å². The lowest BCUT2D eigenvalue weighted by atomic mass is 9.82. The van der Waals surface area contributed by atoms with Gasteiger partial charge in [0.1, 0.15) is 5.78 Å². The summed E-state index contributed by atoms with van der Waals surface area (Å²) in [6.07, 6.45) is 3.43. The van der Waals surface area contributed by atoms with Gasteiger partial charge in [-0.15, -0.1) is 0 Å². The quantitative estimate of drug-likeness (QED) is 0.809. The molecule has 1 saturated carbocycles. The van der Waals surface area contributed by atoms with Gasteiger partial charge in [-0.25, -0.2) is 4.79 Å². The molecule has 0 bridgehead atoms. The third-order valence-electron chi connectivity index (χ3n) is 2.89. The van der Waals surface area contributed by atoms with Gasteiger partial charge in [0, 0.05) is 12.0 Å². The zero-order valence-electron chi connectivity index (χ0n) is 9.50. The second-order valence-electron chi connectivity index (χ2n) is 3.96. The normalized spacial score (nSPS) is 24.9. The minimum Gasteiger partial charge on any atom is -0.450 e. The summed E-state index contributed by atoms with van der Waals surface area (Å²) in [6, 6.07) is -0.0575. The van der Waals surface area contributed by atoms with Crippen molar-refractivity contribution < 1.29 is 14.3 Å². The Morgan fingerprint density at radius 2 is 2.06 bits per heavy atom. The SMILES string of the molecule is CCOC(=O)NC1CCCCC1C(=O)CBr. The fourth-order valence-electron chi connectivity index (χ4n) is 2.11. The monoisotopic (exact) mass is 291 g/mol. The fourth-order valence-corrected chi connectivity index (χ4v) is 2.53. The van der Waals surface area contributed by atoms with Crippen molar-refractivity contribution in [2.24, 2.45) is 5.92 Å². The van der Waals surface area contributed by atoms with Crippen molar-refractivity contribution in [2.45, 2.75) is 38.6 Å². The summed E-state index contributed by atoms with van der Waals surface area (Å²) in [5.74, 6) is 0.110. The minimum absolute atomic E-state index is 0.0575. The van der Waals surface area contributed by atoms with Gasteiger partial charge in [-0.2, -0.15) is 0 Å². The lowest BCUT2D eigenvalue weighted by Crippen LogP contribution is -2.45. The molecule has 0 aliphatic heterocycles. The van der Waals surface area contributed by atoms with E-state index in [1.54, 1.807) is 6.92 Å². The zero-order valence-corrected chi connectivity index (χ0v) is 11.1. The Kier molecular flexibility index (Phi) is 5.80. The van der Waals surface area contributed by atoms with Crippen LogP contribution in [0.1, 0.15) is 32.6 Å². The van der Waals surface area contributed by atoms with Crippen LogP contribution in [-0.2, 0) is 9.53 Å². The lowest BCUT2D eigenvalue weighted by Gasteiger charge is -2.30. The van der Waals surface area contributed by atoms with E-state index in [9.17, 15) is 9.59 Å². The van der Waals surface area contributed by atoms with E-state index in [4.69, 9.17) is 4.74 Å². The first-order valence-electron chi connectivity index (χ1n) is 5.71. The Bertz CT molecular complexity index is 258. The average molecular weight is 292 g/mol. The van der Waals surface area contributed by atoms with E-state index in [-0.39, 0.29) is 17.7 Å². The maximum absolute atomic E-state index is 11.7. The maximum Gasteiger partial charge on any atom is 0.407 e. The van der Waals surface area contributed by atoms with Crippen LogP contribution in [0.4, 0.5) is 4.79 Å². The Labute approximate surface area is 104 Å². The molecule has 2 unspecified atom stereocenters. The van der Waals surface area contributed by atoms with E-state index in [0.29, 0.717) is 11.9 Å². The predicted octanol–water partition coefficient (Wildman–Crippen LogP) is 2.26. The van der Waals surface area contributed by atoms with E-state index in [1.807, 2.05) is 0 Å². The molecule has 0 aromatic rings. The van der Waals surface area contributed by atoms with Crippen LogP contribution in [0.3, 0.4) is 0 Å². The van der Waals surface area contributed by atoms with E-state index in [0.717, 1.165) is 25.7 Å². The van der Waals surface area contributed by atoms with Crippen molar-refractivity contribution in [3.8, 4) is 0 Å². The number of halogens is 1. The fraction of sp³-hybridized carbons (Fsp3) is 0.818. The van der Waals surface area contributed by atoms with Crippen LogP contribution in [0.15, 0.2) is 0 Å². The van der Waals surface area contributed by atoms with E-state index >= 15 is 0 Å². The third-order valence-corrected chi connectivity index (χ3v) is 3.44. The highest BCUT2D eigenvalue weighted by atomic mass is 79.9. The highest BCUT2D eigenvalue weighted by Crippen LogP contribution is 2.25. The highest BCUT2D eigenvalue weighted by Gasteiger charge is 2.31. The van der Waals surface area contributed by atoms with Crippen LogP contribution < -0.4 is 5.32 Å². The molecule has 1 N–H and O–H groups in total. The van der Waals surface area contributed by atoms with Crippen molar-refractivity contribution in [3.05, 3.63) is 0 Å². The largest absolute Gasteiger partial charge is 0.450 e. The summed E-state index contributed by atoms with van der Waals surface area (Å²) in [5, 5.41) is 3.14. The van der Waals surface area contributed by atoms with Crippen molar-refractivity contribution in [2.75, 3.05) is 11.9 Å². The smallest absolute Gasteiger partial charge is 0.407 e. The number of ether oxygens (including phenoxy) is 1. The molecule has 0 heterocycles. The first-order chi connectivity index (χ1) is 7.69. The number of hydrogen-bond acceptors (Lipinski definition) is 3. The summed E-state index contributed by atoms with van der Waals surface area (Å²) >= 11 is 3.18. The molecule has 0 aromatic heterocycles. The zero-order chi connectivity index (χ0) is 12.0. The summed E-state index contributed by atoms with van der Waals surface area (Å²) in [5.41, 5.74) is 0. The van der Waals surface area contributed by atoms with E-state index < -0.39 is 6.09 Å². The molecule has 1 fully saturated rings. The van der Waals surface area contributed by atoms with Crippen molar-refractivity contribution in [3.63, 3.8) is 0 Å². The van der Waals surface area contributed by atoms with Crippen LogP contribution in [-0.4, -0.2) is 29.9 Å². The van der Waals surface area contributed by atoms with Crippen LogP contribution in [0.5, 0.6) is 0 Å². The van der Waals surface area contributed by atoms with Gasteiger partial charge in [0.2, 0.25) is 0 Å². The molecule has 1 aliphatic rings. The second-order valence-corrected chi connectivity index (χ2v) is 4.52. The molecule has 1 rings (SSSR count). The average Bonchev–Trinajstić information content (AvgIpc) is 2.29. The molecule has 0 radical (unpaired) electrons. The minimum atomic E-state index is -0.415. The van der Waals surface area contributed by atoms with E-state index in [2.05, 4.69) is 21.2 Å². The number of amides is 1. The first-order valence-corrected chi connectivity index (χ1v) is 6.83. The number of nitrogens with one attached hydrogen (secondary N) is 1. The number of alkyl halides is 1. The van der Waals surface area contributed by atoms with Gasteiger partial charge in [0.15, 0.2) is 0 Å². The molecule has 1 amide bonds. The van der Waals surface area contributed by atoms with Crippen LogP contribution in [0.2, 0.25) is 0 Å². The first kappa shape index (κ1) is 13.5. The van der Waals surface area contributed by atoms with E-state index in [1.165, 1.54) is 0 Å². The summed E-state index contributed by atoms with van der Waals surface area (Å²) in [7, 11) is 0. The maximum atomic E-state index is 11.7. The highest BCUT2D eigenvalue weighted by molar-refractivity contribution is 9.09. The van der Waals surface area contributed by atoms with Gasteiger partial charge in [-0.05, 0) is 19.8 Å².